The number of aromatic nitrogens is 2. The fourth-order valence-corrected chi connectivity index (χ4v) is 2.13. The predicted molar refractivity (Wildman–Crippen MR) is 76.0 cm³/mol. The van der Waals surface area contributed by atoms with Crippen molar-refractivity contribution in [3.8, 4) is 0 Å². The molecule has 1 N–H and O–H groups in total. The zero-order valence-corrected chi connectivity index (χ0v) is 11.4. The maximum Gasteiger partial charge on any atom is 0.328 e. The van der Waals surface area contributed by atoms with Crippen LogP contribution in [0.25, 0.3) is 0 Å². The average Bonchev–Trinajstić information content (AvgIpc) is 2.32. The van der Waals surface area contributed by atoms with E-state index in [4.69, 9.17) is 0 Å². The molecule has 0 fully saturated rings. The van der Waals surface area contributed by atoms with Crippen LogP contribution in [-0.4, -0.2) is 33.7 Å². The number of carbonyl (C=O) groups excluding carboxylic acids is 2. The number of hydrogen-bond donors (Lipinski definition) is 1. The van der Waals surface area contributed by atoms with Crippen LogP contribution in [0.3, 0.4) is 0 Å². The van der Waals surface area contributed by atoms with Gasteiger partial charge in [-0.1, -0.05) is 7.43 Å². The maximum absolute atomic E-state index is 11.5. The van der Waals surface area contributed by atoms with Crippen molar-refractivity contribution in [3.05, 3.63) is 26.9 Å². The summed E-state index contributed by atoms with van der Waals surface area (Å²) in [5, 5.41) is 0.367. The number of aromatic amines is 1. The quantitative estimate of drug-likeness (QED) is 0.352. The SMILES string of the molecule is C.CCOC(=O)CC(=O)CSc1cc(=O)[nH]c(=O)n1C. The number of esters is 1. The smallest absolute Gasteiger partial charge is 0.328 e. The number of H-pyrrole nitrogens is 1. The number of thioether (sulfide) groups is 1. The van der Waals surface area contributed by atoms with Crippen molar-refractivity contribution in [2.24, 2.45) is 7.05 Å². The first kappa shape index (κ1) is 18.2. The number of Topliss-reactive ketones (excluding diaryl/α,β-unsaturated/α-hetero) is 1. The van der Waals surface area contributed by atoms with Gasteiger partial charge < -0.3 is 4.74 Å². The molecule has 0 amide bonds. The van der Waals surface area contributed by atoms with Gasteiger partial charge in [-0.05, 0) is 6.92 Å². The van der Waals surface area contributed by atoms with Gasteiger partial charge in [0.15, 0.2) is 5.78 Å². The molecule has 0 saturated heterocycles. The number of hydrogen-bond acceptors (Lipinski definition) is 6. The minimum Gasteiger partial charge on any atom is -0.466 e. The number of rotatable bonds is 6. The fourth-order valence-electron chi connectivity index (χ4n) is 1.25. The first-order valence-corrected chi connectivity index (χ1v) is 6.53. The second kappa shape index (κ2) is 8.36. The summed E-state index contributed by atoms with van der Waals surface area (Å²) < 4.78 is 5.87. The number of ether oxygens (including phenoxy) is 1. The van der Waals surface area contributed by atoms with E-state index >= 15 is 0 Å². The predicted octanol–water partition coefficient (Wildman–Crippen LogP) is 0.324. The van der Waals surface area contributed by atoms with Crippen molar-refractivity contribution in [1.29, 1.82) is 0 Å². The molecule has 0 aromatic carbocycles. The highest BCUT2D eigenvalue weighted by Crippen LogP contribution is 2.14. The largest absolute Gasteiger partial charge is 0.466 e. The normalized spacial score (nSPS) is 9.70. The van der Waals surface area contributed by atoms with Crippen LogP contribution in [0, 0.1) is 0 Å². The molecule has 1 rings (SSSR count). The highest BCUT2D eigenvalue weighted by molar-refractivity contribution is 7.99. The molecule has 0 aliphatic carbocycles. The third kappa shape index (κ3) is 5.43. The molecule has 0 radical (unpaired) electrons. The molecule has 7 nitrogen and oxygen atoms in total. The summed E-state index contributed by atoms with van der Waals surface area (Å²) in [6.07, 6.45) is -0.308. The zero-order chi connectivity index (χ0) is 14.4. The Kier molecular flexibility index (Phi) is 7.60. The van der Waals surface area contributed by atoms with Gasteiger partial charge in [-0.2, -0.15) is 0 Å². The summed E-state index contributed by atoms with van der Waals surface area (Å²) in [6, 6.07) is 1.23. The Balaban J connectivity index is 0.00000361. The third-order valence-electron chi connectivity index (χ3n) is 2.15. The molecule has 8 heteroatoms. The second-order valence-corrected chi connectivity index (χ2v) is 4.64. The minimum absolute atomic E-state index is 0. The van der Waals surface area contributed by atoms with Gasteiger partial charge in [0, 0.05) is 13.1 Å². The van der Waals surface area contributed by atoms with Crippen molar-refractivity contribution >= 4 is 23.5 Å². The highest BCUT2D eigenvalue weighted by Gasteiger charge is 2.12. The Morgan fingerprint density at radius 3 is 2.65 bits per heavy atom. The van der Waals surface area contributed by atoms with Gasteiger partial charge in [-0.3, -0.25) is 23.9 Å². The zero-order valence-electron chi connectivity index (χ0n) is 10.6. The van der Waals surface area contributed by atoms with Crippen LogP contribution in [-0.2, 0) is 21.4 Å². The van der Waals surface area contributed by atoms with Crippen molar-refractivity contribution in [2.45, 2.75) is 25.8 Å². The molecule has 0 bridgehead atoms. The molecule has 0 aliphatic heterocycles. The molecule has 112 valence electrons. The van der Waals surface area contributed by atoms with E-state index < -0.39 is 17.2 Å². The molecule has 0 saturated carbocycles. The molecule has 1 heterocycles. The average molecular weight is 302 g/mol. The first-order valence-electron chi connectivity index (χ1n) is 5.54. The Morgan fingerprint density at radius 2 is 2.05 bits per heavy atom. The van der Waals surface area contributed by atoms with Gasteiger partial charge in [0.1, 0.15) is 6.42 Å². The minimum atomic E-state index is -0.576. The summed E-state index contributed by atoms with van der Waals surface area (Å²) in [5.74, 6) is -0.903. The maximum atomic E-state index is 11.5. The molecule has 20 heavy (non-hydrogen) atoms. The lowest BCUT2D eigenvalue weighted by atomic mass is 10.3. The molecule has 0 aliphatic rings. The second-order valence-electron chi connectivity index (χ2n) is 3.65. The van der Waals surface area contributed by atoms with E-state index in [0.717, 1.165) is 11.8 Å². The topological polar surface area (TPSA) is 98.2 Å². The lowest BCUT2D eigenvalue weighted by Crippen LogP contribution is -2.28. The van der Waals surface area contributed by atoms with Gasteiger partial charge in [-0.25, -0.2) is 4.79 Å². The van der Waals surface area contributed by atoms with Gasteiger partial charge in [-0.15, -0.1) is 11.8 Å². The molecular weight excluding hydrogens is 284 g/mol. The van der Waals surface area contributed by atoms with E-state index in [1.54, 1.807) is 6.92 Å². The van der Waals surface area contributed by atoms with E-state index in [0.29, 0.717) is 5.03 Å². The lowest BCUT2D eigenvalue weighted by molar-refractivity contribution is -0.145. The van der Waals surface area contributed by atoms with E-state index in [1.165, 1.54) is 17.7 Å². The molecule has 0 atom stereocenters. The van der Waals surface area contributed by atoms with Gasteiger partial charge in [0.25, 0.3) is 5.56 Å². The molecule has 0 unspecified atom stereocenters. The lowest BCUT2D eigenvalue weighted by Gasteiger charge is -2.05. The van der Waals surface area contributed by atoms with Gasteiger partial charge >= 0.3 is 11.7 Å². The summed E-state index contributed by atoms with van der Waals surface area (Å²) in [6.45, 7) is 1.88. The van der Waals surface area contributed by atoms with Crippen molar-refractivity contribution in [3.63, 3.8) is 0 Å². The monoisotopic (exact) mass is 302 g/mol. The Bertz CT molecular complexity index is 590. The molecule has 0 spiro atoms. The van der Waals surface area contributed by atoms with Crippen LogP contribution in [0.5, 0.6) is 0 Å². The summed E-state index contributed by atoms with van der Waals surface area (Å²) in [5.41, 5.74) is -1.07. The Hall–Kier alpha value is -1.83. The van der Waals surface area contributed by atoms with Crippen LogP contribution in [0.15, 0.2) is 20.7 Å². The van der Waals surface area contributed by atoms with Crippen LogP contribution in [0.1, 0.15) is 20.8 Å². The Morgan fingerprint density at radius 1 is 1.40 bits per heavy atom. The number of ketones is 1. The molecule has 1 aromatic rings. The van der Waals surface area contributed by atoms with Gasteiger partial charge in [0.2, 0.25) is 0 Å². The molecule has 1 aromatic heterocycles. The van der Waals surface area contributed by atoms with E-state index in [1.807, 2.05) is 0 Å². The van der Waals surface area contributed by atoms with E-state index in [-0.39, 0.29) is 32.0 Å². The van der Waals surface area contributed by atoms with Crippen LogP contribution >= 0.6 is 11.8 Å². The highest BCUT2D eigenvalue weighted by atomic mass is 32.2. The van der Waals surface area contributed by atoms with Crippen LogP contribution in [0.4, 0.5) is 0 Å². The van der Waals surface area contributed by atoms with Crippen molar-refractivity contribution in [1.82, 2.24) is 9.55 Å². The third-order valence-corrected chi connectivity index (χ3v) is 3.30. The number of nitrogens with zero attached hydrogens (tertiary/aromatic N) is 1. The van der Waals surface area contributed by atoms with Crippen LogP contribution in [0.2, 0.25) is 0 Å². The fraction of sp³-hybridized carbons (Fsp3) is 0.500. The van der Waals surface area contributed by atoms with Crippen molar-refractivity contribution in [2.75, 3.05) is 12.4 Å². The first-order chi connectivity index (χ1) is 8.93. The van der Waals surface area contributed by atoms with E-state index in [2.05, 4.69) is 9.72 Å². The van der Waals surface area contributed by atoms with E-state index in [9.17, 15) is 19.2 Å². The number of nitrogens with one attached hydrogen (secondary N) is 1. The number of carbonyl (C=O) groups is 2. The van der Waals surface area contributed by atoms with Crippen molar-refractivity contribution < 1.29 is 14.3 Å². The summed E-state index contributed by atoms with van der Waals surface area (Å²) in [4.78, 5) is 47.1. The summed E-state index contributed by atoms with van der Waals surface area (Å²) in [7, 11) is 1.48. The van der Waals surface area contributed by atoms with Crippen LogP contribution < -0.4 is 11.2 Å². The molecular formula is C12H18N2O5S. The standard InChI is InChI=1S/C11H14N2O5S.CH4/c1-3-18-10(16)4-7(14)6-19-9-5-8(15)12-11(17)13(9)2;/h5H,3-4,6H2,1-2H3,(H,12,15,17);1H4. The van der Waals surface area contributed by atoms with Gasteiger partial charge in [0.05, 0.1) is 17.4 Å². The summed E-state index contributed by atoms with van der Waals surface area (Å²) >= 11 is 1.03. The Labute approximate surface area is 120 Å².